The zero-order valence-corrected chi connectivity index (χ0v) is 25.7. The topological polar surface area (TPSA) is 112 Å². The summed E-state index contributed by atoms with van der Waals surface area (Å²) >= 11 is 6.60. The van der Waals surface area contributed by atoms with Crippen molar-refractivity contribution in [1.82, 2.24) is 14.9 Å². The van der Waals surface area contributed by atoms with Gasteiger partial charge in [0.25, 0.3) is 0 Å². The minimum atomic E-state index is -0.297. The van der Waals surface area contributed by atoms with E-state index in [1.807, 2.05) is 50.2 Å². The van der Waals surface area contributed by atoms with Crippen molar-refractivity contribution in [1.29, 1.82) is 5.26 Å². The largest absolute Gasteiger partial charge is 0.492 e. The number of carbonyl (C=O) groups is 1. The van der Waals surface area contributed by atoms with Crippen LogP contribution in [-0.2, 0) is 11.4 Å². The number of nitriles is 1. The van der Waals surface area contributed by atoms with Crippen LogP contribution in [0.5, 0.6) is 11.5 Å². The number of halogens is 1. The molecular weight excluding hydrogens is 564 g/mol. The van der Waals surface area contributed by atoms with Crippen LogP contribution in [0.25, 0.3) is 10.9 Å². The monoisotopic (exact) mass is 598 g/mol. The van der Waals surface area contributed by atoms with Crippen LogP contribution in [0.15, 0.2) is 66.9 Å². The lowest BCUT2D eigenvalue weighted by molar-refractivity contribution is -0.111. The number of hydrogen-bond acceptors (Lipinski definition) is 8. The molecule has 0 saturated carbocycles. The van der Waals surface area contributed by atoms with E-state index in [-0.39, 0.29) is 12.5 Å². The third-order valence-corrected chi connectivity index (χ3v) is 6.68. The first-order chi connectivity index (χ1) is 20.7. The molecule has 0 fully saturated rings. The van der Waals surface area contributed by atoms with Gasteiger partial charge in [-0.25, -0.2) is 0 Å². The molecule has 9 nitrogen and oxygen atoms in total. The van der Waals surface area contributed by atoms with E-state index in [1.54, 1.807) is 30.3 Å². The van der Waals surface area contributed by atoms with Gasteiger partial charge in [0.15, 0.2) is 0 Å². The van der Waals surface area contributed by atoms with Crippen molar-refractivity contribution < 1.29 is 14.3 Å². The number of aromatic nitrogens is 2. The minimum absolute atomic E-state index is 0.279. The van der Waals surface area contributed by atoms with Crippen LogP contribution in [0.4, 0.5) is 17.1 Å². The Bertz CT molecular complexity index is 1680. The van der Waals surface area contributed by atoms with E-state index in [9.17, 15) is 10.1 Å². The molecule has 0 aliphatic carbocycles. The van der Waals surface area contributed by atoms with Gasteiger partial charge in [0.1, 0.15) is 24.2 Å². The minimum Gasteiger partial charge on any atom is -0.492 e. The lowest BCUT2D eigenvalue weighted by atomic mass is 10.1. The fourth-order valence-corrected chi connectivity index (χ4v) is 4.48. The number of nitrogens with one attached hydrogen (secondary N) is 2. The Hall–Kier alpha value is -4.65. The van der Waals surface area contributed by atoms with Crippen molar-refractivity contribution in [3.8, 4) is 17.6 Å². The molecule has 2 heterocycles. The molecule has 0 bridgehead atoms. The van der Waals surface area contributed by atoms with Crippen molar-refractivity contribution >= 4 is 45.5 Å². The highest BCUT2D eigenvalue weighted by atomic mass is 35.5. The molecule has 0 radical (unpaired) electrons. The van der Waals surface area contributed by atoms with Crippen LogP contribution in [0.1, 0.15) is 43.6 Å². The predicted octanol–water partition coefficient (Wildman–Crippen LogP) is 7.06. The summed E-state index contributed by atoms with van der Waals surface area (Å²) in [4.78, 5) is 23.7. The molecule has 43 heavy (non-hydrogen) atoms. The third kappa shape index (κ3) is 8.22. The van der Waals surface area contributed by atoms with Crippen LogP contribution in [0, 0.1) is 11.3 Å². The fourth-order valence-electron chi connectivity index (χ4n) is 4.25. The van der Waals surface area contributed by atoms with E-state index in [2.05, 4.69) is 40.5 Å². The van der Waals surface area contributed by atoms with Crippen molar-refractivity contribution in [2.24, 2.45) is 0 Å². The smallest absolute Gasteiger partial charge is 0.248 e. The predicted molar refractivity (Wildman–Crippen MR) is 171 cm³/mol. The SMILES string of the molecule is CCOc1cc2ncc(C#N)c(Nc3ccc(OCc4cccc(C(C)C)n4)c(Cl)c3)c2cc1NC(=O)/C=C/CN(C)C. The molecule has 0 spiro atoms. The van der Waals surface area contributed by atoms with Gasteiger partial charge in [-0.1, -0.05) is 37.6 Å². The normalized spacial score (nSPS) is 11.2. The number of carbonyl (C=O) groups excluding carboxylic acids is 1. The Morgan fingerprint density at radius 2 is 1.95 bits per heavy atom. The van der Waals surface area contributed by atoms with Gasteiger partial charge in [-0.15, -0.1) is 0 Å². The zero-order chi connectivity index (χ0) is 30.9. The lowest BCUT2D eigenvalue weighted by Gasteiger charge is -2.16. The van der Waals surface area contributed by atoms with Gasteiger partial charge in [-0.2, -0.15) is 5.26 Å². The van der Waals surface area contributed by atoms with Gasteiger partial charge in [0.05, 0.1) is 39.8 Å². The number of ether oxygens (including phenoxy) is 2. The number of benzene rings is 2. The summed E-state index contributed by atoms with van der Waals surface area (Å²) in [6.45, 7) is 7.36. The maximum atomic E-state index is 12.7. The third-order valence-electron chi connectivity index (χ3n) is 6.38. The van der Waals surface area contributed by atoms with Crippen LogP contribution in [-0.4, -0.2) is 48.0 Å². The number of likely N-dealkylation sites (N-methyl/N-ethyl adjacent to an activating group) is 1. The molecule has 222 valence electrons. The molecule has 0 atom stereocenters. The Morgan fingerprint density at radius 3 is 2.65 bits per heavy atom. The fraction of sp³-hybridized carbons (Fsp3) is 0.273. The number of pyridine rings is 2. The number of amides is 1. The van der Waals surface area contributed by atoms with Gasteiger partial charge < -0.3 is 25.0 Å². The first-order valence-electron chi connectivity index (χ1n) is 14.0. The quantitative estimate of drug-likeness (QED) is 0.167. The number of rotatable bonds is 12. The van der Waals surface area contributed by atoms with Crippen molar-refractivity contribution in [2.75, 3.05) is 37.9 Å². The first kappa shape index (κ1) is 31.3. The average Bonchev–Trinajstić information content (AvgIpc) is 2.97. The summed E-state index contributed by atoms with van der Waals surface area (Å²) in [7, 11) is 3.84. The molecule has 2 N–H and O–H groups in total. The molecule has 0 aliphatic rings. The molecule has 0 saturated heterocycles. The molecule has 0 unspecified atom stereocenters. The van der Waals surface area contributed by atoms with E-state index in [0.29, 0.717) is 69.1 Å². The van der Waals surface area contributed by atoms with E-state index in [0.717, 1.165) is 11.4 Å². The molecule has 2 aromatic carbocycles. The van der Waals surface area contributed by atoms with Gasteiger partial charge >= 0.3 is 0 Å². The van der Waals surface area contributed by atoms with Crippen molar-refractivity contribution in [3.05, 3.63) is 88.9 Å². The lowest BCUT2D eigenvalue weighted by Crippen LogP contribution is -2.13. The van der Waals surface area contributed by atoms with Crippen LogP contribution >= 0.6 is 11.6 Å². The van der Waals surface area contributed by atoms with Crippen molar-refractivity contribution in [3.63, 3.8) is 0 Å². The van der Waals surface area contributed by atoms with Gasteiger partial charge in [-0.3, -0.25) is 14.8 Å². The maximum Gasteiger partial charge on any atom is 0.248 e. The molecule has 10 heteroatoms. The van der Waals surface area contributed by atoms with Gasteiger partial charge in [0.2, 0.25) is 5.91 Å². The average molecular weight is 599 g/mol. The molecular formula is C33H35ClN6O3. The molecule has 4 aromatic rings. The van der Waals surface area contributed by atoms with Crippen molar-refractivity contribution in [2.45, 2.75) is 33.3 Å². The maximum absolute atomic E-state index is 12.7. The number of hydrogen-bond donors (Lipinski definition) is 2. The first-order valence-corrected chi connectivity index (χ1v) is 14.3. The Kier molecular flexibility index (Phi) is 10.5. The second kappa shape index (κ2) is 14.5. The van der Waals surface area contributed by atoms with E-state index in [4.69, 9.17) is 21.1 Å². The summed E-state index contributed by atoms with van der Waals surface area (Å²) in [6, 6.07) is 16.9. The summed E-state index contributed by atoms with van der Waals surface area (Å²) in [5.74, 6) is 1.01. The highest BCUT2D eigenvalue weighted by Gasteiger charge is 2.16. The molecule has 0 aliphatic heterocycles. The van der Waals surface area contributed by atoms with Crippen LogP contribution in [0.2, 0.25) is 5.02 Å². The van der Waals surface area contributed by atoms with Crippen LogP contribution < -0.4 is 20.1 Å². The van der Waals surface area contributed by atoms with Gasteiger partial charge in [0, 0.05) is 41.7 Å². The van der Waals surface area contributed by atoms with E-state index >= 15 is 0 Å². The summed E-state index contributed by atoms with van der Waals surface area (Å²) in [5, 5.41) is 17.1. The van der Waals surface area contributed by atoms with E-state index in [1.165, 1.54) is 12.3 Å². The highest BCUT2D eigenvalue weighted by Crippen LogP contribution is 2.37. The summed E-state index contributed by atoms with van der Waals surface area (Å²) in [5.41, 5.74) is 4.36. The Morgan fingerprint density at radius 1 is 1.14 bits per heavy atom. The summed E-state index contributed by atoms with van der Waals surface area (Å²) < 4.78 is 11.8. The highest BCUT2D eigenvalue weighted by molar-refractivity contribution is 6.32. The molecule has 4 rings (SSSR count). The molecule has 2 aromatic heterocycles. The van der Waals surface area contributed by atoms with E-state index < -0.39 is 0 Å². The Labute approximate surface area is 257 Å². The number of nitrogens with zero attached hydrogens (tertiary/aromatic N) is 4. The zero-order valence-electron chi connectivity index (χ0n) is 24.9. The second-order valence-electron chi connectivity index (χ2n) is 10.4. The number of anilines is 3. The van der Waals surface area contributed by atoms with Gasteiger partial charge in [-0.05, 0) is 63.3 Å². The molecule has 1 amide bonds. The summed E-state index contributed by atoms with van der Waals surface area (Å²) in [6.07, 6.45) is 4.75. The standard InChI is InChI=1S/C33H35ClN6O3/c1-6-42-31-17-28-25(16-29(31)39-32(41)11-8-14-40(4)5)33(22(18-35)19-36-28)38-23-12-13-30(26(34)15-23)43-20-24-9-7-10-27(37-24)21(2)3/h7-13,15-17,19,21H,6,14,20H2,1-5H3,(H,36,38)(H,39,41)/b11-8+. The number of fused-ring (bicyclic) bond motifs is 1. The Balaban J connectivity index is 1.61. The second-order valence-corrected chi connectivity index (χ2v) is 10.8. The van der Waals surface area contributed by atoms with Crippen LogP contribution in [0.3, 0.4) is 0 Å².